The van der Waals surface area contributed by atoms with Gasteiger partial charge in [-0.25, -0.2) is 8.78 Å². The van der Waals surface area contributed by atoms with Gasteiger partial charge in [0.2, 0.25) is 0 Å². The van der Waals surface area contributed by atoms with Crippen molar-refractivity contribution in [2.45, 2.75) is 44.6 Å². The average Bonchev–Trinajstić information content (AvgIpc) is 2.31. The van der Waals surface area contributed by atoms with Crippen LogP contribution in [-0.4, -0.2) is 6.04 Å². The van der Waals surface area contributed by atoms with Crippen LogP contribution in [0.25, 0.3) is 0 Å². The summed E-state index contributed by atoms with van der Waals surface area (Å²) in [6.45, 7) is 2.12. The lowest BCUT2D eigenvalue weighted by atomic mass is 9.74. The van der Waals surface area contributed by atoms with E-state index in [0.29, 0.717) is 5.92 Å². The smallest absolute Gasteiger partial charge is 0.129 e. The quantitative estimate of drug-likeness (QED) is 0.838. The average molecular weight is 239 g/mol. The molecule has 3 unspecified atom stereocenters. The maximum Gasteiger partial charge on any atom is 0.129 e. The van der Waals surface area contributed by atoms with E-state index < -0.39 is 11.6 Å². The fraction of sp³-hybridized carbons (Fsp3) is 0.571. The fourth-order valence-corrected chi connectivity index (χ4v) is 2.85. The molecule has 3 atom stereocenters. The predicted octanol–water partition coefficient (Wildman–Crippen LogP) is 3.59. The van der Waals surface area contributed by atoms with Crippen LogP contribution in [0.1, 0.15) is 44.1 Å². The third kappa shape index (κ3) is 2.49. The first-order chi connectivity index (χ1) is 8.13. The summed E-state index contributed by atoms with van der Waals surface area (Å²) >= 11 is 0. The molecule has 0 spiro atoms. The van der Waals surface area contributed by atoms with E-state index in [9.17, 15) is 8.78 Å². The zero-order chi connectivity index (χ0) is 12.4. The zero-order valence-electron chi connectivity index (χ0n) is 10.1. The highest BCUT2D eigenvalue weighted by molar-refractivity contribution is 5.26. The third-order valence-corrected chi connectivity index (χ3v) is 3.96. The first-order valence-electron chi connectivity index (χ1n) is 6.33. The summed E-state index contributed by atoms with van der Waals surface area (Å²) in [5.74, 6) is -0.543. The molecule has 0 aliphatic heterocycles. The Kier molecular flexibility index (Phi) is 3.77. The lowest BCUT2D eigenvalue weighted by molar-refractivity contribution is 0.273. The summed E-state index contributed by atoms with van der Waals surface area (Å²) in [4.78, 5) is 0. The summed E-state index contributed by atoms with van der Waals surface area (Å²) in [7, 11) is 0. The van der Waals surface area contributed by atoms with Crippen molar-refractivity contribution in [2.24, 2.45) is 11.7 Å². The van der Waals surface area contributed by atoms with Gasteiger partial charge >= 0.3 is 0 Å². The van der Waals surface area contributed by atoms with Crippen LogP contribution in [0.2, 0.25) is 0 Å². The van der Waals surface area contributed by atoms with Crippen LogP contribution in [0.5, 0.6) is 0 Å². The minimum atomic E-state index is -0.456. The highest BCUT2D eigenvalue weighted by Crippen LogP contribution is 2.38. The van der Waals surface area contributed by atoms with Crippen LogP contribution in [-0.2, 0) is 0 Å². The first-order valence-corrected chi connectivity index (χ1v) is 6.33. The lowest BCUT2D eigenvalue weighted by Crippen LogP contribution is -2.35. The molecule has 0 bridgehead atoms. The SMILES string of the molecule is CCC1CCC(N)C(c2c(F)cccc2F)C1. The first kappa shape index (κ1) is 12.5. The van der Waals surface area contributed by atoms with Gasteiger partial charge in [-0.2, -0.15) is 0 Å². The van der Waals surface area contributed by atoms with Crippen LogP contribution in [0.3, 0.4) is 0 Å². The molecule has 17 heavy (non-hydrogen) atoms. The van der Waals surface area contributed by atoms with Gasteiger partial charge in [0.15, 0.2) is 0 Å². The van der Waals surface area contributed by atoms with Crippen LogP contribution >= 0.6 is 0 Å². The monoisotopic (exact) mass is 239 g/mol. The second-order valence-electron chi connectivity index (χ2n) is 4.99. The Bertz CT molecular complexity index is 372. The third-order valence-electron chi connectivity index (χ3n) is 3.96. The van der Waals surface area contributed by atoms with E-state index in [1.807, 2.05) is 0 Å². The number of benzene rings is 1. The van der Waals surface area contributed by atoms with Gasteiger partial charge in [-0.1, -0.05) is 19.4 Å². The van der Waals surface area contributed by atoms with Crippen molar-refractivity contribution in [3.8, 4) is 0 Å². The molecule has 0 heterocycles. The zero-order valence-corrected chi connectivity index (χ0v) is 10.1. The van der Waals surface area contributed by atoms with E-state index in [2.05, 4.69) is 6.92 Å². The van der Waals surface area contributed by atoms with Crippen molar-refractivity contribution in [2.75, 3.05) is 0 Å². The number of hydrogen-bond acceptors (Lipinski definition) is 1. The molecule has 1 saturated carbocycles. The van der Waals surface area contributed by atoms with Crippen molar-refractivity contribution in [3.63, 3.8) is 0 Å². The molecule has 1 nitrogen and oxygen atoms in total. The highest BCUT2D eigenvalue weighted by atomic mass is 19.1. The summed E-state index contributed by atoms with van der Waals surface area (Å²) in [6, 6.07) is 3.92. The molecule has 1 aromatic rings. The molecule has 0 radical (unpaired) electrons. The predicted molar refractivity (Wildman–Crippen MR) is 64.7 cm³/mol. The minimum absolute atomic E-state index is 0.121. The molecular formula is C14H19F2N. The van der Waals surface area contributed by atoms with Crippen LogP contribution in [0.4, 0.5) is 8.78 Å². The van der Waals surface area contributed by atoms with Gasteiger partial charge in [-0.3, -0.25) is 0 Å². The molecule has 1 fully saturated rings. The van der Waals surface area contributed by atoms with E-state index in [1.165, 1.54) is 18.2 Å². The summed E-state index contributed by atoms with van der Waals surface area (Å²) in [6.07, 6.45) is 3.79. The van der Waals surface area contributed by atoms with Gasteiger partial charge in [-0.05, 0) is 37.3 Å². The Morgan fingerprint density at radius 2 is 1.88 bits per heavy atom. The summed E-state index contributed by atoms with van der Waals surface area (Å²) in [5, 5.41) is 0. The Balaban J connectivity index is 2.30. The van der Waals surface area contributed by atoms with E-state index >= 15 is 0 Å². The molecule has 3 heteroatoms. The van der Waals surface area contributed by atoms with E-state index in [0.717, 1.165) is 25.7 Å². The molecule has 0 aromatic heterocycles. The van der Waals surface area contributed by atoms with Crippen molar-refractivity contribution in [3.05, 3.63) is 35.4 Å². The van der Waals surface area contributed by atoms with Gasteiger partial charge in [-0.15, -0.1) is 0 Å². The standard InChI is InChI=1S/C14H19F2N/c1-2-9-6-7-13(17)10(8-9)14-11(15)4-3-5-12(14)16/h3-5,9-10,13H,2,6-8,17H2,1H3. The van der Waals surface area contributed by atoms with Crippen LogP contribution in [0, 0.1) is 17.6 Å². The number of halogens is 2. The number of rotatable bonds is 2. The van der Waals surface area contributed by atoms with Crippen molar-refractivity contribution >= 4 is 0 Å². The van der Waals surface area contributed by atoms with Crippen LogP contribution in [0.15, 0.2) is 18.2 Å². The molecule has 1 aromatic carbocycles. The molecule has 0 saturated heterocycles. The van der Waals surface area contributed by atoms with Crippen molar-refractivity contribution < 1.29 is 8.78 Å². The second kappa shape index (κ2) is 5.13. The molecule has 1 aliphatic carbocycles. The van der Waals surface area contributed by atoms with Crippen molar-refractivity contribution in [1.29, 1.82) is 0 Å². The van der Waals surface area contributed by atoms with Gasteiger partial charge in [0.05, 0.1) is 0 Å². The molecule has 2 N–H and O–H groups in total. The fourth-order valence-electron chi connectivity index (χ4n) is 2.85. The van der Waals surface area contributed by atoms with E-state index in [-0.39, 0.29) is 17.5 Å². The molecule has 2 rings (SSSR count). The Labute approximate surface area is 101 Å². The lowest BCUT2D eigenvalue weighted by Gasteiger charge is -2.34. The highest BCUT2D eigenvalue weighted by Gasteiger charge is 2.31. The maximum absolute atomic E-state index is 13.7. The summed E-state index contributed by atoms with van der Waals surface area (Å²) < 4.78 is 27.5. The molecule has 0 amide bonds. The normalized spacial score (nSPS) is 29.3. The largest absolute Gasteiger partial charge is 0.327 e. The Hall–Kier alpha value is -0.960. The number of hydrogen-bond donors (Lipinski definition) is 1. The van der Waals surface area contributed by atoms with E-state index in [4.69, 9.17) is 5.73 Å². The molecule has 1 aliphatic rings. The molecular weight excluding hydrogens is 220 g/mol. The van der Waals surface area contributed by atoms with Gasteiger partial charge in [0.1, 0.15) is 11.6 Å². The topological polar surface area (TPSA) is 26.0 Å². The summed E-state index contributed by atoms with van der Waals surface area (Å²) in [5.41, 5.74) is 6.23. The number of nitrogens with two attached hydrogens (primary N) is 1. The Morgan fingerprint density at radius 1 is 1.24 bits per heavy atom. The maximum atomic E-state index is 13.7. The van der Waals surface area contributed by atoms with Crippen LogP contribution < -0.4 is 5.73 Å². The van der Waals surface area contributed by atoms with Gasteiger partial charge < -0.3 is 5.73 Å². The minimum Gasteiger partial charge on any atom is -0.327 e. The van der Waals surface area contributed by atoms with E-state index in [1.54, 1.807) is 0 Å². The second-order valence-corrected chi connectivity index (χ2v) is 4.99. The molecule has 94 valence electrons. The van der Waals surface area contributed by atoms with Gasteiger partial charge in [0, 0.05) is 17.5 Å². The Morgan fingerprint density at radius 3 is 2.47 bits per heavy atom. The van der Waals surface area contributed by atoms with Gasteiger partial charge in [0.25, 0.3) is 0 Å². The van der Waals surface area contributed by atoms with Crippen molar-refractivity contribution in [1.82, 2.24) is 0 Å².